The number of para-hydroxylation sites is 1. The van der Waals surface area contributed by atoms with Crippen molar-refractivity contribution < 1.29 is 14.3 Å². The predicted molar refractivity (Wildman–Crippen MR) is 112 cm³/mol. The standard InChI is InChI=1S/C22H27N5O3/c28-20(17-30-18-7-2-1-3-8-18)27-12-5-4-9-19(27)21(29)25-13-15-26(16-14-25)22-23-10-6-11-24-22/h1-3,6-8,10-11,19H,4-5,9,12-17H2/t19-/m1/s1. The van der Waals surface area contributed by atoms with E-state index in [0.29, 0.717) is 50.8 Å². The van der Waals surface area contributed by atoms with E-state index in [0.717, 1.165) is 12.8 Å². The van der Waals surface area contributed by atoms with Crippen LogP contribution in [0.1, 0.15) is 19.3 Å². The number of nitrogens with zero attached hydrogens (tertiary/aromatic N) is 5. The third kappa shape index (κ3) is 4.69. The second kappa shape index (κ2) is 9.56. The quantitative estimate of drug-likeness (QED) is 0.746. The number of hydrogen-bond acceptors (Lipinski definition) is 6. The topological polar surface area (TPSA) is 78.9 Å². The number of aromatic nitrogens is 2. The zero-order chi connectivity index (χ0) is 20.8. The molecule has 1 aromatic carbocycles. The van der Waals surface area contributed by atoms with Gasteiger partial charge in [0.05, 0.1) is 0 Å². The van der Waals surface area contributed by atoms with E-state index >= 15 is 0 Å². The van der Waals surface area contributed by atoms with E-state index in [-0.39, 0.29) is 18.4 Å². The van der Waals surface area contributed by atoms with Gasteiger partial charge in [-0.2, -0.15) is 0 Å². The van der Waals surface area contributed by atoms with E-state index in [2.05, 4.69) is 14.9 Å². The van der Waals surface area contributed by atoms with Crippen molar-refractivity contribution >= 4 is 17.8 Å². The Hall–Kier alpha value is -3.16. The van der Waals surface area contributed by atoms with Gasteiger partial charge in [-0.3, -0.25) is 9.59 Å². The maximum Gasteiger partial charge on any atom is 0.261 e. The Balaban J connectivity index is 1.34. The number of anilines is 1. The number of piperazine rings is 1. The molecule has 2 amide bonds. The van der Waals surface area contributed by atoms with Crippen LogP contribution in [0.5, 0.6) is 5.75 Å². The Morgan fingerprint density at radius 3 is 2.40 bits per heavy atom. The highest BCUT2D eigenvalue weighted by Gasteiger charge is 2.36. The van der Waals surface area contributed by atoms with Gasteiger partial charge in [-0.15, -0.1) is 0 Å². The van der Waals surface area contributed by atoms with Crippen LogP contribution in [0.15, 0.2) is 48.8 Å². The Morgan fingerprint density at radius 1 is 0.933 bits per heavy atom. The molecule has 3 heterocycles. The SMILES string of the molecule is O=C([C@H]1CCCCN1C(=O)COc1ccccc1)N1CCN(c2ncccn2)CC1. The summed E-state index contributed by atoms with van der Waals surface area (Å²) in [6.07, 6.45) is 6.03. The van der Waals surface area contributed by atoms with Crippen LogP contribution >= 0.6 is 0 Å². The smallest absolute Gasteiger partial charge is 0.261 e. The van der Waals surface area contributed by atoms with E-state index in [9.17, 15) is 9.59 Å². The summed E-state index contributed by atoms with van der Waals surface area (Å²) in [6, 6.07) is 10.7. The lowest BCUT2D eigenvalue weighted by atomic mass is 10.0. The van der Waals surface area contributed by atoms with Crippen LogP contribution in [0, 0.1) is 0 Å². The number of benzene rings is 1. The molecule has 0 unspecified atom stereocenters. The minimum atomic E-state index is -0.398. The molecule has 1 atom stereocenters. The molecule has 30 heavy (non-hydrogen) atoms. The molecule has 0 N–H and O–H groups in total. The molecule has 158 valence electrons. The summed E-state index contributed by atoms with van der Waals surface area (Å²) in [4.78, 5) is 40.3. The maximum absolute atomic E-state index is 13.2. The molecule has 0 radical (unpaired) electrons. The predicted octanol–water partition coefficient (Wildman–Crippen LogP) is 1.59. The molecule has 2 saturated heterocycles. The van der Waals surface area contributed by atoms with E-state index in [4.69, 9.17) is 4.74 Å². The molecule has 1 aromatic heterocycles. The lowest BCUT2D eigenvalue weighted by Gasteiger charge is -2.40. The molecule has 8 nitrogen and oxygen atoms in total. The summed E-state index contributed by atoms with van der Waals surface area (Å²) in [5.41, 5.74) is 0. The van der Waals surface area contributed by atoms with Crippen LogP contribution in [0.25, 0.3) is 0 Å². The van der Waals surface area contributed by atoms with Crippen LogP contribution in [0.4, 0.5) is 5.95 Å². The van der Waals surface area contributed by atoms with Crippen LogP contribution < -0.4 is 9.64 Å². The monoisotopic (exact) mass is 409 g/mol. The average molecular weight is 409 g/mol. The largest absolute Gasteiger partial charge is 0.484 e. The lowest BCUT2D eigenvalue weighted by molar-refractivity contribution is -0.149. The number of likely N-dealkylation sites (tertiary alicyclic amines) is 1. The van der Waals surface area contributed by atoms with Gasteiger partial charge in [0.1, 0.15) is 11.8 Å². The molecule has 8 heteroatoms. The molecular formula is C22H27N5O3. The number of carbonyl (C=O) groups is 2. The first-order valence-corrected chi connectivity index (χ1v) is 10.5. The third-order valence-electron chi connectivity index (χ3n) is 5.64. The Kier molecular flexibility index (Phi) is 6.41. The van der Waals surface area contributed by atoms with Gasteiger partial charge in [0, 0.05) is 45.1 Å². The number of rotatable bonds is 5. The fourth-order valence-electron chi connectivity index (χ4n) is 4.02. The van der Waals surface area contributed by atoms with Crippen molar-refractivity contribution in [2.75, 3.05) is 44.2 Å². The van der Waals surface area contributed by atoms with Crippen LogP contribution in [0.2, 0.25) is 0 Å². The van der Waals surface area contributed by atoms with Crippen molar-refractivity contribution in [1.82, 2.24) is 19.8 Å². The Bertz CT molecular complexity index is 840. The minimum absolute atomic E-state index is 0.0383. The number of hydrogen-bond donors (Lipinski definition) is 0. The fourth-order valence-corrected chi connectivity index (χ4v) is 4.02. The van der Waals surface area contributed by atoms with Crippen molar-refractivity contribution in [3.05, 3.63) is 48.8 Å². The van der Waals surface area contributed by atoms with Gasteiger partial charge in [-0.25, -0.2) is 9.97 Å². The van der Waals surface area contributed by atoms with Crippen molar-refractivity contribution in [3.8, 4) is 5.75 Å². The van der Waals surface area contributed by atoms with E-state index in [1.54, 1.807) is 23.4 Å². The molecule has 2 aliphatic heterocycles. The van der Waals surface area contributed by atoms with Gasteiger partial charge in [-0.05, 0) is 37.5 Å². The molecule has 0 saturated carbocycles. The normalized spacial score (nSPS) is 19.5. The number of piperidine rings is 1. The highest BCUT2D eigenvalue weighted by Crippen LogP contribution is 2.21. The van der Waals surface area contributed by atoms with Gasteiger partial charge in [0.15, 0.2) is 6.61 Å². The molecule has 2 fully saturated rings. The lowest BCUT2D eigenvalue weighted by Crippen LogP contribution is -2.58. The first kappa shape index (κ1) is 20.1. The number of amides is 2. The third-order valence-corrected chi connectivity index (χ3v) is 5.64. The average Bonchev–Trinajstić information content (AvgIpc) is 2.83. The summed E-state index contributed by atoms with van der Waals surface area (Å²) in [7, 11) is 0. The maximum atomic E-state index is 13.2. The Labute approximate surface area is 176 Å². The zero-order valence-electron chi connectivity index (χ0n) is 17.0. The van der Waals surface area contributed by atoms with E-state index in [1.807, 2.05) is 35.2 Å². The van der Waals surface area contributed by atoms with Crippen molar-refractivity contribution in [2.24, 2.45) is 0 Å². The molecule has 0 bridgehead atoms. The van der Waals surface area contributed by atoms with Gasteiger partial charge < -0.3 is 19.4 Å². The first-order valence-electron chi connectivity index (χ1n) is 10.5. The fraction of sp³-hybridized carbons (Fsp3) is 0.455. The number of ether oxygens (including phenoxy) is 1. The van der Waals surface area contributed by atoms with Gasteiger partial charge in [0.2, 0.25) is 11.9 Å². The van der Waals surface area contributed by atoms with Crippen molar-refractivity contribution in [2.45, 2.75) is 25.3 Å². The summed E-state index contributed by atoms with van der Waals surface area (Å²) < 4.78 is 5.62. The summed E-state index contributed by atoms with van der Waals surface area (Å²) in [5.74, 6) is 1.26. The second-order valence-corrected chi connectivity index (χ2v) is 7.56. The molecule has 4 rings (SSSR count). The van der Waals surface area contributed by atoms with Crippen LogP contribution in [0.3, 0.4) is 0 Å². The van der Waals surface area contributed by atoms with Crippen LogP contribution in [-0.2, 0) is 9.59 Å². The van der Waals surface area contributed by atoms with Gasteiger partial charge in [0.25, 0.3) is 5.91 Å². The summed E-state index contributed by atoms with van der Waals surface area (Å²) >= 11 is 0. The van der Waals surface area contributed by atoms with E-state index < -0.39 is 6.04 Å². The van der Waals surface area contributed by atoms with Crippen molar-refractivity contribution in [1.29, 1.82) is 0 Å². The molecular weight excluding hydrogens is 382 g/mol. The molecule has 0 aliphatic carbocycles. The molecule has 0 spiro atoms. The summed E-state index contributed by atoms with van der Waals surface area (Å²) in [6.45, 7) is 3.14. The molecule has 2 aromatic rings. The molecule has 2 aliphatic rings. The highest BCUT2D eigenvalue weighted by molar-refractivity contribution is 5.88. The Morgan fingerprint density at radius 2 is 1.67 bits per heavy atom. The first-order chi connectivity index (χ1) is 14.7. The minimum Gasteiger partial charge on any atom is -0.484 e. The zero-order valence-corrected chi connectivity index (χ0v) is 17.0. The van der Waals surface area contributed by atoms with E-state index in [1.165, 1.54) is 0 Å². The van der Waals surface area contributed by atoms with Gasteiger partial charge >= 0.3 is 0 Å². The van der Waals surface area contributed by atoms with Crippen LogP contribution in [-0.4, -0.2) is 77.0 Å². The highest BCUT2D eigenvalue weighted by atomic mass is 16.5. The van der Waals surface area contributed by atoms with Crippen molar-refractivity contribution in [3.63, 3.8) is 0 Å². The van der Waals surface area contributed by atoms with Gasteiger partial charge in [-0.1, -0.05) is 18.2 Å². The summed E-state index contributed by atoms with van der Waals surface area (Å²) in [5, 5.41) is 0. The number of carbonyl (C=O) groups excluding carboxylic acids is 2. The second-order valence-electron chi connectivity index (χ2n) is 7.56.